The van der Waals surface area contributed by atoms with Crippen molar-refractivity contribution in [1.82, 2.24) is 0 Å². The molecule has 1 atom stereocenters. The number of alkyl halides is 3. The third kappa shape index (κ3) is 6.77. The SMILES string of the molecule is Cc1ccc(OCCOCC(F)(F)F)c(CC(C)N)c1. The summed E-state index contributed by atoms with van der Waals surface area (Å²) >= 11 is 0. The van der Waals surface area contributed by atoms with Crippen LogP contribution in [0.2, 0.25) is 0 Å². The topological polar surface area (TPSA) is 44.5 Å². The van der Waals surface area contributed by atoms with Crippen molar-refractivity contribution in [3.05, 3.63) is 29.3 Å². The summed E-state index contributed by atoms with van der Waals surface area (Å²) in [5.74, 6) is 0.642. The first kappa shape index (κ1) is 16.8. The van der Waals surface area contributed by atoms with E-state index in [1.165, 1.54) is 0 Å². The van der Waals surface area contributed by atoms with Crippen LogP contribution in [0.25, 0.3) is 0 Å². The second-order valence-corrected chi connectivity index (χ2v) is 4.81. The highest BCUT2D eigenvalue weighted by molar-refractivity contribution is 5.37. The van der Waals surface area contributed by atoms with Crippen LogP contribution in [0.5, 0.6) is 5.75 Å². The molecule has 0 radical (unpaired) electrons. The molecule has 0 aromatic heterocycles. The maximum absolute atomic E-state index is 11.9. The Balaban J connectivity index is 2.47. The average molecular weight is 291 g/mol. The molecule has 0 aliphatic rings. The van der Waals surface area contributed by atoms with Gasteiger partial charge < -0.3 is 15.2 Å². The average Bonchev–Trinajstić information content (AvgIpc) is 2.29. The lowest BCUT2D eigenvalue weighted by Gasteiger charge is -2.14. The predicted octanol–water partition coefficient (Wildman–Crippen LogP) is 2.84. The van der Waals surface area contributed by atoms with E-state index in [0.717, 1.165) is 11.1 Å². The van der Waals surface area contributed by atoms with Crippen LogP contribution in [0.15, 0.2) is 18.2 Å². The van der Waals surface area contributed by atoms with E-state index in [9.17, 15) is 13.2 Å². The van der Waals surface area contributed by atoms with Gasteiger partial charge in [0, 0.05) is 6.04 Å². The lowest BCUT2D eigenvalue weighted by Crippen LogP contribution is -2.20. The first-order chi connectivity index (χ1) is 9.28. The number of rotatable bonds is 7. The summed E-state index contributed by atoms with van der Waals surface area (Å²) in [6.45, 7) is 2.56. The lowest BCUT2D eigenvalue weighted by molar-refractivity contribution is -0.175. The molecule has 1 aromatic carbocycles. The fraction of sp³-hybridized carbons (Fsp3) is 0.571. The predicted molar refractivity (Wildman–Crippen MR) is 70.9 cm³/mol. The molecule has 0 spiro atoms. The molecule has 0 aliphatic heterocycles. The van der Waals surface area contributed by atoms with Crippen LogP contribution >= 0.6 is 0 Å². The highest BCUT2D eigenvalue weighted by Crippen LogP contribution is 2.21. The van der Waals surface area contributed by atoms with Gasteiger partial charge in [0.1, 0.15) is 19.0 Å². The van der Waals surface area contributed by atoms with E-state index in [-0.39, 0.29) is 19.3 Å². The van der Waals surface area contributed by atoms with Gasteiger partial charge in [0.25, 0.3) is 0 Å². The molecule has 0 amide bonds. The maximum atomic E-state index is 11.9. The molecular weight excluding hydrogens is 271 g/mol. The van der Waals surface area contributed by atoms with E-state index in [0.29, 0.717) is 12.2 Å². The Morgan fingerprint density at radius 3 is 2.55 bits per heavy atom. The molecule has 2 N–H and O–H groups in total. The zero-order valence-corrected chi connectivity index (χ0v) is 11.7. The molecule has 1 rings (SSSR count). The third-order valence-corrected chi connectivity index (χ3v) is 2.51. The fourth-order valence-corrected chi connectivity index (χ4v) is 1.75. The Morgan fingerprint density at radius 1 is 1.25 bits per heavy atom. The molecule has 0 heterocycles. The Labute approximate surface area is 116 Å². The zero-order chi connectivity index (χ0) is 15.2. The first-order valence-electron chi connectivity index (χ1n) is 6.40. The summed E-state index contributed by atoms with van der Waals surface area (Å²) in [6.07, 6.45) is -3.65. The van der Waals surface area contributed by atoms with Gasteiger partial charge in [0.2, 0.25) is 0 Å². The molecule has 3 nitrogen and oxygen atoms in total. The number of halogens is 3. The van der Waals surface area contributed by atoms with Gasteiger partial charge in [0.05, 0.1) is 6.61 Å². The minimum absolute atomic E-state index is 0.0133. The molecule has 1 aromatic rings. The van der Waals surface area contributed by atoms with Crippen LogP contribution in [0, 0.1) is 6.92 Å². The van der Waals surface area contributed by atoms with Gasteiger partial charge in [-0.05, 0) is 31.9 Å². The van der Waals surface area contributed by atoms with Crippen LogP contribution in [0.1, 0.15) is 18.1 Å². The lowest BCUT2D eigenvalue weighted by atomic mass is 10.0. The van der Waals surface area contributed by atoms with Crippen molar-refractivity contribution in [1.29, 1.82) is 0 Å². The summed E-state index contributed by atoms with van der Waals surface area (Å²) in [6, 6.07) is 5.64. The molecule has 6 heteroatoms. The minimum atomic E-state index is -4.30. The van der Waals surface area contributed by atoms with Crippen LogP contribution in [0.4, 0.5) is 13.2 Å². The van der Waals surface area contributed by atoms with Crippen molar-refractivity contribution in [2.45, 2.75) is 32.5 Å². The van der Waals surface area contributed by atoms with Gasteiger partial charge in [-0.25, -0.2) is 0 Å². The molecule has 114 valence electrons. The zero-order valence-electron chi connectivity index (χ0n) is 11.7. The summed E-state index contributed by atoms with van der Waals surface area (Å²) in [7, 11) is 0. The van der Waals surface area contributed by atoms with Crippen molar-refractivity contribution in [3.8, 4) is 5.75 Å². The highest BCUT2D eigenvalue weighted by atomic mass is 19.4. The number of hydrogen-bond acceptors (Lipinski definition) is 3. The summed E-state index contributed by atoms with van der Waals surface area (Å²) in [4.78, 5) is 0. The molecule has 0 saturated heterocycles. The standard InChI is InChI=1S/C14H20F3NO2/c1-10-3-4-13(12(7-10)8-11(2)18)20-6-5-19-9-14(15,16)17/h3-4,7,11H,5-6,8-9,18H2,1-2H3. The molecule has 0 saturated carbocycles. The molecule has 0 fully saturated rings. The minimum Gasteiger partial charge on any atom is -0.491 e. The first-order valence-corrected chi connectivity index (χ1v) is 6.40. The van der Waals surface area contributed by atoms with Crippen molar-refractivity contribution in [2.24, 2.45) is 5.73 Å². The molecule has 0 bridgehead atoms. The van der Waals surface area contributed by atoms with E-state index >= 15 is 0 Å². The van der Waals surface area contributed by atoms with E-state index in [2.05, 4.69) is 4.74 Å². The molecule has 0 aliphatic carbocycles. The van der Waals surface area contributed by atoms with Gasteiger partial charge in [-0.2, -0.15) is 13.2 Å². The molecule has 20 heavy (non-hydrogen) atoms. The molecular formula is C14H20F3NO2. The summed E-state index contributed by atoms with van der Waals surface area (Å²) in [5.41, 5.74) is 7.80. The van der Waals surface area contributed by atoms with Crippen LogP contribution in [-0.2, 0) is 11.2 Å². The number of nitrogens with two attached hydrogens (primary N) is 1. The normalized spacial score (nSPS) is 13.3. The van der Waals surface area contributed by atoms with Crippen molar-refractivity contribution in [3.63, 3.8) is 0 Å². The van der Waals surface area contributed by atoms with Crippen LogP contribution in [-0.4, -0.2) is 32.0 Å². The maximum Gasteiger partial charge on any atom is 0.411 e. The number of aryl methyl sites for hydroxylation is 1. The van der Waals surface area contributed by atoms with Gasteiger partial charge in [-0.1, -0.05) is 17.7 Å². The highest BCUT2D eigenvalue weighted by Gasteiger charge is 2.27. The monoisotopic (exact) mass is 291 g/mol. The van der Waals surface area contributed by atoms with Gasteiger partial charge in [0.15, 0.2) is 0 Å². The Bertz CT molecular complexity index is 419. The Kier molecular flexibility index (Phi) is 6.29. The van der Waals surface area contributed by atoms with Crippen molar-refractivity contribution >= 4 is 0 Å². The quantitative estimate of drug-likeness (QED) is 0.786. The van der Waals surface area contributed by atoms with Crippen LogP contribution in [0.3, 0.4) is 0 Å². The number of benzene rings is 1. The van der Waals surface area contributed by atoms with E-state index < -0.39 is 12.8 Å². The Morgan fingerprint density at radius 2 is 1.95 bits per heavy atom. The second-order valence-electron chi connectivity index (χ2n) is 4.81. The summed E-state index contributed by atoms with van der Waals surface area (Å²) in [5, 5.41) is 0. The van der Waals surface area contributed by atoms with Crippen LogP contribution < -0.4 is 10.5 Å². The van der Waals surface area contributed by atoms with Gasteiger partial charge in [-0.3, -0.25) is 0 Å². The third-order valence-electron chi connectivity index (χ3n) is 2.51. The van der Waals surface area contributed by atoms with Gasteiger partial charge in [-0.15, -0.1) is 0 Å². The smallest absolute Gasteiger partial charge is 0.411 e. The van der Waals surface area contributed by atoms with E-state index in [1.54, 1.807) is 6.07 Å². The van der Waals surface area contributed by atoms with Crippen molar-refractivity contribution in [2.75, 3.05) is 19.8 Å². The summed E-state index contributed by atoms with van der Waals surface area (Å²) < 4.78 is 45.6. The largest absolute Gasteiger partial charge is 0.491 e. The van der Waals surface area contributed by atoms with E-state index in [4.69, 9.17) is 10.5 Å². The molecule has 1 unspecified atom stereocenters. The van der Waals surface area contributed by atoms with Gasteiger partial charge >= 0.3 is 6.18 Å². The number of hydrogen-bond donors (Lipinski definition) is 1. The van der Waals surface area contributed by atoms with E-state index in [1.807, 2.05) is 26.0 Å². The number of ether oxygens (including phenoxy) is 2. The second kappa shape index (κ2) is 7.50. The fourth-order valence-electron chi connectivity index (χ4n) is 1.75. The van der Waals surface area contributed by atoms with Crippen molar-refractivity contribution < 1.29 is 22.6 Å². The Hall–Kier alpha value is -1.27.